The van der Waals surface area contributed by atoms with E-state index in [0.717, 1.165) is 0 Å². The Bertz CT molecular complexity index is 232. The number of hydrogen-bond acceptors (Lipinski definition) is 4. The molecule has 0 heterocycles. The Balaban J connectivity index is 4.70. The minimum absolute atomic E-state index is 0.165. The van der Waals surface area contributed by atoms with E-state index in [-0.39, 0.29) is 13.2 Å². The number of rotatable bonds is 7. The fourth-order valence-corrected chi connectivity index (χ4v) is 3.46. The maximum Gasteiger partial charge on any atom is 0.363 e. The van der Waals surface area contributed by atoms with Crippen LogP contribution in [0.15, 0.2) is 0 Å². The van der Waals surface area contributed by atoms with Crippen molar-refractivity contribution < 1.29 is 18.7 Å². The summed E-state index contributed by atoms with van der Waals surface area (Å²) in [5, 5.41) is 9.65. The van der Waals surface area contributed by atoms with Crippen LogP contribution in [0, 0.1) is 0 Å². The van der Waals surface area contributed by atoms with Crippen molar-refractivity contribution in [3.8, 4) is 0 Å². The zero-order chi connectivity index (χ0) is 12.8. The predicted molar refractivity (Wildman–Crippen MR) is 66.4 cm³/mol. The molecule has 0 aliphatic carbocycles. The van der Waals surface area contributed by atoms with Crippen molar-refractivity contribution in [3.63, 3.8) is 0 Å². The van der Waals surface area contributed by atoms with Crippen molar-refractivity contribution in [3.05, 3.63) is 0 Å². The topological polar surface area (TPSA) is 55.8 Å². The average molecular weight is 314 g/mol. The standard InChI is InChI=1S/C8H16Cl3O4P/c1-3-5-14-16(13,15-6-4-2)7(12)8(9,10)11/h7,12H,3-6H2,1-2H3/t7-/m1/s1. The Morgan fingerprint density at radius 3 is 1.81 bits per heavy atom. The second-order valence-electron chi connectivity index (χ2n) is 3.12. The molecule has 0 aromatic heterocycles. The number of alkyl halides is 3. The summed E-state index contributed by atoms with van der Waals surface area (Å²) in [5.74, 6) is -1.79. The van der Waals surface area contributed by atoms with Gasteiger partial charge in [-0.15, -0.1) is 0 Å². The van der Waals surface area contributed by atoms with Crippen molar-refractivity contribution in [2.24, 2.45) is 0 Å². The lowest BCUT2D eigenvalue weighted by molar-refractivity contribution is 0.143. The number of aliphatic hydroxyl groups excluding tert-OH is 1. The molecule has 0 rings (SSSR count). The smallest absolute Gasteiger partial charge is 0.363 e. The monoisotopic (exact) mass is 312 g/mol. The summed E-state index contributed by atoms with van der Waals surface area (Å²) in [6.45, 7) is 3.98. The molecule has 0 radical (unpaired) electrons. The normalized spacial score (nSPS) is 15.1. The SMILES string of the molecule is CCCOP(=O)(OCCC)[C@@H](O)C(Cl)(Cl)Cl. The lowest BCUT2D eigenvalue weighted by Crippen LogP contribution is -2.27. The van der Waals surface area contributed by atoms with Gasteiger partial charge in [0.1, 0.15) is 0 Å². The maximum atomic E-state index is 12.1. The second-order valence-corrected chi connectivity index (χ2v) is 7.58. The Labute approximate surface area is 111 Å². The zero-order valence-corrected chi connectivity index (χ0v) is 12.3. The molecule has 0 saturated carbocycles. The molecule has 1 atom stereocenters. The van der Waals surface area contributed by atoms with E-state index in [1.807, 2.05) is 13.8 Å². The summed E-state index contributed by atoms with van der Waals surface area (Å²) < 4.78 is 20.0. The first-order valence-corrected chi connectivity index (χ1v) is 7.66. The van der Waals surface area contributed by atoms with E-state index in [1.54, 1.807) is 0 Å². The van der Waals surface area contributed by atoms with Crippen LogP contribution in [0.25, 0.3) is 0 Å². The molecule has 0 aromatic carbocycles. The fraction of sp³-hybridized carbons (Fsp3) is 1.00. The van der Waals surface area contributed by atoms with Gasteiger partial charge >= 0.3 is 7.60 Å². The van der Waals surface area contributed by atoms with Crippen LogP contribution in [-0.2, 0) is 13.6 Å². The average Bonchev–Trinajstić information content (AvgIpc) is 2.21. The molecule has 4 nitrogen and oxygen atoms in total. The van der Waals surface area contributed by atoms with Crippen LogP contribution in [-0.4, -0.2) is 28.0 Å². The van der Waals surface area contributed by atoms with E-state index in [4.69, 9.17) is 43.9 Å². The number of hydrogen-bond donors (Lipinski definition) is 1. The number of halogens is 3. The van der Waals surface area contributed by atoms with Crippen LogP contribution < -0.4 is 0 Å². The van der Waals surface area contributed by atoms with Gasteiger partial charge in [0.15, 0.2) is 0 Å². The minimum atomic E-state index is -3.81. The van der Waals surface area contributed by atoms with Gasteiger partial charge in [0.25, 0.3) is 0 Å². The molecule has 0 bridgehead atoms. The Hall–Kier alpha value is 0.980. The van der Waals surface area contributed by atoms with Gasteiger partial charge in [-0.1, -0.05) is 48.7 Å². The van der Waals surface area contributed by atoms with E-state index in [1.165, 1.54) is 0 Å². The quantitative estimate of drug-likeness (QED) is 0.575. The van der Waals surface area contributed by atoms with Crippen LogP contribution in [0.1, 0.15) is 26.7 Å². The molecule has 0 fully saturated rings. The van der Waals surface area contributed by atoms with Gasteiger partial charge in [-0.3, -0.25) is 4.57 Å². The maximum absolute atomic E-state index is 12.1. The van der Waals surface area contributed by atoms with Crippen LogP contribution >= 0.6 is 42.4 Å². The lowest BCUT2D eigenvalue weighted by atomic mass is 10.5. The highest BCUT2D eigenvalue weighted by Gasteiger charge is 2.47. The van der Waals surface area contributed by atoms with Crippen molar-refractivity contribution in [2.75, 3.05) is 13.2 Å². The lowest BCUT2D eigenvalue weighted by Gasteiger charge is -2.27. The van der Waals surface area contributed by atoms with Crippen LogP contribution in [0.2, 0.25) is 0 Å². The fourth-order valence-electron chi connectivity index (χ4n) is 0.795. The molecule has 0 amide bonds. The molecular weight excluding hydrogens is 297 g/mol. The second kappa shape index (κ2) is 7.42. The first-order chi connectivity index (χ1) is 7.28. The zero-order valence-electron chi connectivity index (χ0n) is 9.16. The minimum Gasteiger partial charge on any atom is -0.377 e. The van der Waals surface area contributed by atoms with Crippen molar-refractivity contribution in [2.45, 2.75) is 36.3 Å². The van der Waals surface area contributed by atoms with Gasteiger partial charge in [0.2, 0.25) is 9.64 Å². The van der Waals surface area contributed by atoms with E-state index in [9.17, 15) is 9.67 Å². The molecule has 0 aliphatic heterocycles. The Morgan fingerprint density at radius 2 is 1.56 bits per heavy atom. The summed E-state index contributed by atoms with van der Waals surface area (Å²) in [5.41, 5.74) is 0. The molecule has 0 aliphatic rings. The summed E-state index contributed by atoms with van der Waals surface area (Å²) in [6.07, 6.45) is 1.23. The highest BCUT2D eigenvalue weighted by molar-refractivity contribution is 7.55. The number of aliphatic hydroxyl groups is 1. The Kier molecular flexibility index (Phi) is 7.88. The summed E-state index contributed by atoms with van der Waals surface area (Å²) in [6, 6.07) is 0. The highest BCUT2D eigenvalue weighted by Crippen LogP contribution is 2.58. The van der Waals surface area contributed by atoms with Crippen molar-refractivity contribution in [1.82, 2.24) is 0 Å². The van der Waals surface area contributed by atoms with E-state index in [0.29, 0.717) is 12.8 Å². The molecule has 8 heteroatoms. The van der Waals surface area contributed by atoms with Gasteiger partial charge in [-0.2, -0.15) is 0 Å². The van der Waals surface area contributed by atoms with Crippen molar-refractivity contribution in [1.29, 1.82) is 0 Å². The third-order valence-electron chi connectivity index (χ3n) is 1.54. The van der Waals surface area contributed by atoms with Gasteiger partial charge in [0, 0.05) is 0 Å². The van der Waals surface area contributed by atoms with Crippen LogP contribution in [0.5, 0.6) is 0 Å². The molecule has 98 valence electrons. The summed E-state index contributed by atoms with van der Waals surface area (Å²) in [7, 11) is -3.81. The molecule has 0 unspecified atom stereocenters. The predicted octanol–water partition coefficient (Wildman–Crippen LogP) is 3.72. The van der Waals surface area contributed by atoms with E-state index < -0.39 is 17.2 Å². The molecule has 0 saturated heterocycles. The molecule has 1 N–H and O–H groups in total. The van der Waals surface area contributed by atoms with Gasteiger partial charge in [0.05, 0.1) is 13.2 Å². The first-order valence-electron chi connectivity index (χ1n) is 4.91. The third kappa shape index (κ3) is 5.54. The third-order valence-corrected chi connectivity index (χ3v) is 4.69. The Morgan fingerprint density at radius 1 is 1.19 bits per heavy atom. The molecule has 16 heavy (non-hydrogen) atoms. The highest BCUT2D eigenvalue weighted by atomic mass is 35.6. The van der Waals surface area contributed by atoms with Gasteiger partial charge in [-0.05, 0) is 12.8 Å². The van der Waals surface area contributed by atoms with E-state index in [2.05, 4.69) is 0 Å². The summed E-state index contributed by atoms with van der Waals surface area (Å²) in [4.78, 5) is 0. The molecule has 0 spiro atoms. The molecule has 0 aromatic rings. The van der Waals surface area contributed by atoms with E-state index >= 15 is 0 Å². The first kappa shape index (κ1) is 17.0. The van der Waals surface area contributed by atoms with Crippen LogP contribution in [0.4, 0.5) is 0 Å². The van der Waals surface area contributed by atoms with Gasteiger partial charge in [-0.25, -0.2) is 0 Å². The summed E-state index contributed by atoms with van der Waals surface area (Å²) >= 11 is 16.4. The largest absolute Gasteiger partial charge is 0.377 e. The van der Waals surface area contributed by atoms with Gasteiger partial charge < -0.3 is 14.2 Å². The van der Waals surface area contributed by atoms with Crippen molar-refractivity contribution >= 4 is 42.4 Å². The van der Waals surface area contributed by atoms with Crippen LogP contribution in [0.3, 0.4) is 0 Å². The molecular formula is C8H16Cl3O4P.